The highest BCUT2D eigenvalue weighted by Crippen LogP contribution is 2.34. The molecule has 4 rings (SSSR count). The highest BCUT2D eigenvalue weighted by molar-refractivity contribution is 5.84. The van der Waals surface area contributed by atoms with E-state index in [-0.39, 0.29) is 22.9 Å². The Morgan fingerprint density at radius 1 is 1.21 bits per heavy atom. The normalized spacial score (nSPS) is 23.0. The largest absolute Gasteiger partial charge is 0.497 e. The van der Waals surface area contributed by atoms with Gasteiger partial charge in [0.05, 0.1) is 19.4 Å². The number of allylic oxidation sites excluding steroid dienone is 1. The predicted octanol–water partition coefficient (Wildman–Crippen LogP) is -0.115. The van der Waals surface area contributed by atoms with E-state index in [1.807, 2.05) is 0 Å². The van der Waals surface area contributed by atoms with Crippen LogP contribution in [0.2, 0.25) is 0 Å². The van der Waals surface area contributed by atoms with Crippen LogP contribution >= 0.6 is 0 Å². The SMILES string of the molecule is COc1ccc(O/C=C(/C)NNc2nc3c(N)ncnc3n2[C@H]2O[C@@H](CO)[C@H](O)[C@@H]2O)cc1. The number of imidazole rings is 1. The lowest BCUT2D eigenvalue weighted by Crippen LogP contribution is -2.33. The molecule has 1 fully saturated rings. The molecule has 1 aliphatic rings. The average Bonchev–Trinajstić information content (AvgIpc) is 3.34. The fraction of sp³-hybridized carbons (Fsp3) is 0.350. The third kappa shape index (κ3) is 4.47. The number of hydrogen-bond acceptors (Lipinski definition) is 12. The van der Waals surface area contributed by atoms with Crippen molar-refractivity contribution in [1.82, 2.24) is 24.9 Å². The van der Waals surface area contributed by atoms with Gasteiger partial charge in [-0.1, -0.05) is 0 Å². The molecule has 7 N–H and O–H groups in total. The maximum atomic E-state index is 10.5. The van der Waals surface area contributed by atoms with Crippen LogP contribution in [0.25, 0.3) is 11.2 Å². The zero-order valence-electron chi connectivity index (χ0n) is 17.9. The Morgan fingerprint density at radius 3 is 2.61 bits per heavy atom. The summed E-state index contributed by atoms with van der Waals surface area (Å²) in [6, 6.07) is 7.08. The number of rotatable bonds is 8. The minimum atomic E-state index is -1.34. The number of aromatic nitrogens is 4. The summed E-state index contributed by atoms with van der Waals surface area (Å²) in [5.41, 5.74) is 12.9. The molecule has 13 nitrogen and oxygen atoms in total. The fourth-order valence-electron chi connectivity index (χ4n) is 3.34. The third-order valence-corrected chi connectivity index (χ3v) is 5.08. The molecule has 3 aromatic rings. The van der Waals surface area contributed by atoms with Gasteiger partial charge in [0.15, 0.2) is 23.2 Å². The number of hydrazine groups is 1. The Kier molecular flexibility index (Phi) is 6.46. The number of fused-ring (bicyclic) bond motifs is 1. The maximum Gasteiger partial charge on any atom is 0.226 e. The van der Waals surface area contributed by atoms with Crippen molar-refractivity contribution in [1.29, 1.82) is 0 Å². The van der Waals surface area contributed by atoms with E-state index in [0.29, 0.717) is 17.2 Å². The van der Waals surface area contributed by atoms with E-state index < -0.39 is 31.1 Å². The second-order valence-electron chi connectivity index (χ2n) is 7.31. The first-order valence-corrected chi connectivity index (χ1v) is 10.0. The van der Waals surface area contributed by atoms with Crippen molar-refractivity contribution in [3.8, 4) is 11.5 Å². The lowest BCUT2D eigenvalue weighted by molar-refractivity contribution is -0.0501. The van der Waals surface area contributed by atoms with Gasteiger partial charge in [-0.25, -0.2) is 15.0 Å². The van der Waals surface area contributed by atoms with E-state index in [9.17, 15) is 15.3 Å². The third-order valence-electron chi connectivity index (χ3n) is 5.08. The molecule has 0 amide bonds. The van der Waals surface area contributed by atoms with Crippen molar-refractivity contribution < 1.29 is 29.5 Å². The molecule has 33 heavy (non-hydrogen) atoms. The van der Waals surface area contributed by atoms with E-state index in [0.717, 1.165) is 0 Å². The van der Waals surface area contributed by atoms with Crippen LogP contribution in [0.3, 0.4) is 0 Å². The van der Waals surface area contributed by atoms with Crippen LogP contribution in [0.15, 0.2) is 42.6 Å². The van der Waals surface area contributed by atoms with E-state index in [2.05, 4.69) is 25.8 Å². The molecule has 3 heterocycles. The number of hydrogen-bond donors (Lipinski definition) is 6. The summed E-state index contributed by atoms with van der Waals surface area (Å²) in [5.74, 6) is 1.64. The van der Waals surface area contributed by atoms with E-state index in [1.54, 1.807) is 38.3 Å². The van der Waals surface area contributed by atoms with E-state index in [4.69, 9.17) is 19.9 Å². The van der Waals surface area contributed by atoms with Gasteiger partial charge in [0, 0.05) is 0 Å². The van der Waals surface area contributed by atoms with Gasteiger partial charge in [-0.3, -0.25) is 15.4 Å². The first kappa shape index (κ1) is 22.5. The molecular formula is C20H25N7O6. The van der Waals surface area contributed by atoms with Crippen molar-refractivity contribution in [3.63, 3.8) is 0 Å². The van der Waals surface area contributed by atoms with Crippen molar-refractivity contribution in [2.75, 3.05) is 24.9 Å². The number of ether oxygens (including phenoxy) is 3. The van der Waals surface area contributed by atoms with Crippen LogP contribution < -0.4 is 26.1 Å². The van der Waals surface area contributed by atoms with Gasteiger partial charge in [0.1, 0.15) is 42.4 Å². The molecule has 4 atom stereocenters. The summed E-state index contributed by atoms with van der Waals surface area (Å²) in [6.45, 7) is 1.29. The van der Waals surface area contributed by atoms with Crippen LogP contribution in [0, 0.1) is 0 Å². The molecule has 0 spiro atoms. The lowest BCUT2D eigenvalue weighted by Gasteiger charge is -2.20. The summed E-state index contributed by atoms with van der Waals surface area (Å²) >= 11 is 0. The molecule has 2 aromatic heterocycles. The Morgan fingerprint density at radius 2 is 1.94 bits per heavy atom. The Labute approximate surface area is 188 Å². The molecule has 0 bridgehead atoms. The number of benzene rings is 1. The van der Waals surface area contributed by atoms with Gasteiger partial charge < -0.3 is 35.3 Å². The fourth-order valence-corrected chi connectivity index (χ4v) is 3.34. The van der Waals surface area contributed by atoms with Crippen LogP contribution in [0.5, 0.6) is 11.5 Å². The van der Waals surface area contributed by atoms with Crippen molar-refractivity contribution in [3.05, 3.63) is 42.6 Å². The molecule has 0 saturated carbocycles. The monoisotopic (exact) mass is 459 g/mol. The first-order valence-electron chi connectivity index (χ1n) is 10.0. The minimum Gasteiger partial charge on any atom is -0.497 e. The molecule has 1 saturated heterocycles. The van der Waals surface area contributed by atoms with Gasteiger partial charge in [-0.2, -0.15) is 0 Å². The Bertz CT molecular complexity index is 1140. The molecule has 176 valence electrons. The molecule has 0 radical (unpaired) electrons. The summed E-state index contributed by atoms with van der Waals surface area (Å²) < 4.78 is 17.8. The van der Waals surface area contributed by atoms with Gasteiger partial charge in [-0.05, 0) is 31.2 Å². The predicted molar refractivity (Wildman–Crippen MR) is 117 cm³/mol. The number of anilines is 2. The summed E-state index contributed by atoms with van der Waals surface area (Å²) in [4.78, 5) is 12.5. The standard InChI is InChI=1S/C20H25N7O6/c1-10(8-32-12-5-3-11(31-2)4-6-12)25-26-20-24-14-17(21)22-9-23-18(14)27(20)19-16(30)15(29)13(7-28)33-19/h3-6,8-9,13,15-16,19,25,28-30H,7H2,1-2H3,(H,24,26)(H2,21,22,23)/b10-8-/t13-,15-,16-,19-/m0/s1. The van der Waals surface area contributed by atoms with Gasteiger partial charge in [-0.15, -0.1) is 0 Å². The number of nitrogen functional groups attached to an aromatic ring is 1. The summed E-state index contributed by atoms with van der Waals surface area (Å²) in [5, 5.41) is 30.1. The van der Waals surface area contributed by atoms with Gasteiger partial charge in [0.2, 0.25) is 5.95 Å². The second kappa shape index (κ2) is 9.46. The van der Waals surface area contributed by atoms with Crippen LogP contribution in [-0.2, 0) is 4.74 Å². The minimum absolute atomic E-state index is 0.128. The van der Waals surface area contributed by atoms with E-state index >= 15 is 0 Å². The zero-order chi connectivity index (χ0) is 23.5. The topological polar surface area (TPSA) is 182 Å². The molecule has 0 aliphatic carbocycles. The highest BCUT2D eigenvalue weighted by Gasteiger charge is 2.45. The number of nitrogens with two attached hydrogens (primary N) is 1. The van der Waals surface area contributed by atoms with Gasteiger partial charge >= 0.3 is 0 Å². The van der Waals surface area contributed by atoms with Crippen LogP contribution in [0.1, 0.15) is 13.2 Å². The summed E-state index contributed by atoms with van der Waals surface area (Å²) in [6.07, 6.45) is -1.95. The summed E-state index contributed by atoms with van der Waals surface area (Å²) in [7, 11) is 1.59. The van der Waals surface area contributed by atoms with Crippen LogP contribution in [0.4, 0.5) is 11.8 Å². The van der Waals surface area contributed by atoms with E-state index in [1.165, 1.54) is 17.2 Å². The molecule has 1 aliphatic heterocycles. The maximum absolute atomic E-state index is 10.5. The van der Waals surface area contributed by atoms with Crippen molar-refractivity contribution in [2.24, 2.45) is 0 Å². The second-order valence-corrected chi connectivity index (χ2v) is 7.31. The average molecular weight is 459 g/mol. The van der Waals surface area contributed by atoms with Crippen molar-refractivity contribution >= 4 is 22.9 Å². The zero-order valence-corrected chi connectivity index (χ0v) is 17.9. The number of nitrogens with zero attached hydrogens (tertiary/aromatic N) is 4. The molecule has 1 aromatic carbocycles. The Hall–Kier alpha value is -3.65. The van der Waals surface area contributed by atoms with Gasteiger partial charge in [0.25, 0.3) is 0 Å². The smallest absolute Gasteiger partial charge is 0.226 e. The number of aliphatic hydroxyl groups is 3. The Balaban J connectivity index is 1.56. The first-order chi connectivity index (χ1) is 15.9. The quantitative estimate of drug-likeness (QED) is 0.194. The number of methoxy groups -OCH3 is 1. The number of nitrogens with one attached hydrogen (secondary N) is 2. The highest BCUT2D eigenvalue weighted by atomic mass is 16.6. The molecular weight excluding hydrogens is 434 g/mol. The molecule has 0 unspecified atom stereocenters. The van der Waals surface area contributed by atoms with Crippen LogP contribution in [-0.4, -0.2) is 66.9 Å². The molecule has 13 heteroatoms. The lowest BCUT2D eigenvalue weighted by atomic mass is 10.1. The van der Waals surface area contributed by atoms with Crippen molar-refractivity contribution in [2.45, 2.75) is 31.5 Å². The number of aliphatic hydroxyl groups excluding tert-OH is 3.